The molecule has 0 saturated carbocycles. The van der Waals surface area contributed by atoms with E-state index in [-0.39, 0.29) is 11.7 Å². The third-order valence-corrected chi connectivity index (χ3v) is 7.11. The first kappa shape index (κ1) is 23.7. The van der Waals surface area contributed by atoms with Gasteiger partial charge in [0.05, 0.1) is 21.8 Å². The van der Waals surface area contributed by atoms with Gasteiger partial charge in [0.2, 0.25) is 0 Å². The van der Waals surface area contributed by atoms with Crippen LogP contribution < -0.4 is 9.64 Å². The van der Waals surface area contributed by atoms with Gasteiger partial charge in [-0.25, -0.2) is 4.79 Å². The van der Waals surface area contributed by atoms with E-state index in [9.17, 15) is 9.90 Å². The van der Waals surface area contributed by atoms with Crippen molar-refractivity contribution in [2.45, 2.75) is 31.8 Å². The summed E-state index contributed by atoms with van der Waals surface area (Å²) in [6.45, 7) is 4.76. The molecule has 2 saturated heterocycles. The first-order chi connectivity index (χ1) is 15.9. The Morgan fingerprint density at radius 2 is 1.79 bits per heavy atom. The molecular formula is C25H27Cl2N3O3. The number of hydrogen-bond acceptors (Lipinski definition) is 5. The molecule has 0 radical (unpaired) electrons. The Kier molecular flexibility index (Phi) is 7.64. The molecule has 6 nitrogen and oxygen atoms in total. The SMILES string of the molecule is N#Cc1ccc(OC2CCN(CC3CCN(c4ccc(Cl)cc4C(=O)O)CC3)CC2)cc1Cl. The number of hydrogen-bond donors (Lipinski definition) is 1. The fraction of sp³-hybridized carbons (Fsp3) is 0.440. The van der Waals surface area contributed by atoms with Crippen molar-refractivity contribution in [2.75, 3.05) is 37.6 Å². The van der Waals surface area contributed by atoms with Crippen LogP contribution in [0, 0.1) is 17.2 Å². The normalized spacial score (nSPS) is 18.2. The summed E-state index contributed by atoms with van der Waals surface area (Å²) in [6.07, 6.45) is 4.17. The van der Waals surface area contributed by atoms with E-state index >= 15 is 0 Å². The standard InChI is InChI=1S/C25H27Cl2N3O3/c26-19-2-4-24(22(13-19)25(31)32)30-11-5-17(6-12-30)16-29-9-7-20(8-10-29)33-21-3-1-18(15-28)23(27)14-21/h1-4,13-14,17,20H,5-12,16H2,(H,31,32). The molecular weight excluding hydrogens is 461 g/mol. The number of halogens is 2. The average molecular weight is 488 g/mol. The number of benzene rings is 2. The largest absolute Gasteiger partial charge is 0.490 e. The van der Waals surface area contributed by atoms with Gasteiger partial charge in [0.1, 0.15) is 17.9 Å². The highest BCUT2D eigenvalue weighted by atomic mass is 35.5. The van der Waals surface area contributed by atoms with E-state index in [4.69, 9.17) is 33.2 Å². The minimum absolute atomic E-state index is 0.159. The lowest BCUT2D eigenvalue weighted by Gasteiger charge is -2.38. The molecule has 33 heavy (non-hydrogen) atoms. The Balaban J connectivity index is 1.23. The van der Waals surface area contributed by atoms with Gasteiger partial charge in [0, 0.05) is 43.8 Å². The number of carbonyl (C=O) groups is 1. The molecule has 2 aliphatic rings. The third kappa shape index (κ3) is 5.92. The van der Waals surface area contributed by atoms with Gasteiger partial charge in [-0.3, -0.25) is 0 Å². The van der Waals surface area contributed by atoms with Crippen molar-refractivity contribution in [1.82, 2.24) is 4.90 Å². The summed E-state index contributed by atoms with van der Waals surface area (Å²) < 4.78 is 6.09. The average Bonchev–Trinajstić information content (AvgIpc) is 2.81. The molecule has 0 bridgehead atoms. The predicted octanol–water partition coefficient (Wildman–Crippen LogP) is 5.32. The molecule has 4 rings (SSSR count). The van der Waals surface area contributed by atoms with Crippen molar-refractivity contribution >= 4 is 34.9 Å². The maximum absolute atomic E-state index is 11.6. The van der Waals surface area contributed by atoms with Gasteiger partial charge in [0.15, 0.2) is 0 Å². The Morgan fingerprint density at radius 3 is 2.42 bits per heavy atom. The molecule has 0 aliphatic carbocycles. The molecule has 0 unspecified atom stereocenters. The second-order valence-electron chi connectivity index (χ2n) is 8.77. The summed E-state index contributed by atoms with van der Waals surface area (Å²) >= 11 is 12.1. The second-order valence-corrected chi connectivity index (χ2v) is 9.61. The van der Waals surface area contributed by atoms with Crippen molar-refractivity contribution in [3.63, 3.8) is 0 Å². The minimum atomic E-state index is -0.942. The molecule has 0 amide bonds. The highest BCUT2D eigenvalue weighted by molar-refractivity contribution is 6.32. The summed E-state index contributed by atoms with van der Waals surface area (Å²) in [5, 5.41) is 19.4. The van der Waals surface area contributed by atoms with Gasteiger partial charge in [-0.05, 0) is 61.9 Å². The van der Waals surface area contributed by atoms with Gasteiger partial charge in [-0.1, -0.05) is 23.2 Å². The van der Waals surface area contributed by atoms with Crippen molar-refractivity contribution in [3.05, 3.63) is 57.6 Å². The molecule has 2 aromatic carbocycles. The molecule has 174 valence electrons. The summed E-state index contributed by atoms with van der Waals surface area (Å²) in [5.41, 5.74) is 1.48. The Labute approximate surface area is 204 Å². The number of carboxylic acid groups (broad SMARTS) is 1. The zero-order chi connectivity index (χ0) is 23.4. The highest BCUT2D eigenvalue weighted by Crippen LogP contribution is 2.30. The first-order valence-electron chi connectivity index (χ1n) is 11.3. The fourth-order valence-corrected chi connectivity index (χ4v) is 5.12. The highest BCUT2D eigenvalue weighted by Gasteiger charge is 2.27. The van der Waals surface area contributed by atoms with Gasteiger partial charge in [-0.2, -0.15) is 5.26 Å². The second kappa shape index (κ2) is 10.6. The number of anilines is 1. The number of nitrogens with zero attached hydrogens (tertiary/aromatic N) is 3. The first-order valence-corrected chi connectivity index (χ1v) is 12.0. The Hall–Kier alpha value is -2.46. The van der Waals surface area contributed by atoms with Crippen LogP contribution in [0.1, 0.15) is 41.6 Å². The van der Waals surface area contributed by atoms with E-state index in [2.05, 4.69) is 15.9 Å². The third-order valence-electron chi connectivity index (χ3n) is 6.56. The quantitative estimate of drug-likeness (QED) is 0.593. The number of rotatable bonds is 6. The summed E-state index contributed by atoms with van der Waals surface area (Å²) in [5.74, 6) is 0.382. The molecule has 0 spiro atoms. The van der Waals surface area contributed by atoms with Gasteiger partial charge in [0.25, 0.3) is 0 Å². The zero-order valence-electron chi connectivity index (χ0n) is 18.3. The van der Waals surface area contributed by atoms with E-state index in [1.165, 1.54) is 6.07 Å². The lowest BCUT2D eigenvalue weighted by Crippen LogP contribution is -2.43. The lowest BCUT2D eigenvalue weighted by atomic mass is 9.94. The summed E-state index contributed by atoms with van der Waals surface area (Å²) in [7, 11) is 0. The predicted molar refractivity (Wildman–Crippen MR) is 130 cm³/mol. The number of piperidine rings is 2. The van der Waals surface area contributed by atoms with Gasteiger partial charge < -0.3 is 19.6 Å². The fourth-order valence-electron chi connectivity index (χ4n) is 4.74. The molecule has 2 aliphatic heterocycles. The van der Waals surface area contributed by atoms with Crippen LogP contribution in [0.3, 0.4) is 0 Å². The van der Waals surface area contributed by atoms with Crippen molar-refractivity contribution in [2.24, 2.45) is 5.92 Å². The Morgan fingerprint density at radius 1 is 1.06 bits per heavy atom. The number of nitriles is 1. The van der Waals surface area contributed by atoms with Crippen LogP contribution in [0.25, 0.3) is 0 Å². The molecule has 8 heteroatoms. The maximum Gasteiger partial charge on any atom is 0.337 e. The van der Waals surface area contributed by atoms with Crippen molar-refractivity contribution in [1.29, 1.82) is 5.26 Å². The maximum atomic E-state index is 11.6. The minimum Gasteiger partial charge on any atom is -0.490 e. The molecule has 2 heterocycles. The van der Waals surface area contributed by atoms with Crippen LogP contribution in [-0.2, 0) is 0 Å². The lowest BCUT2D eigenvalue weighted by molar-refractivity contribution is 0.0697. The van der Waals surface area contributed by atoms with Crippen molar-refractivity contribution < 1.29 is 14.6 Å². The van der Waals surface area contributed by atoms with Crippen LogP contribution in [0.4, 0.5) is 5.69 Å². The summed E-state index contributed by atoms with van der Waals surface area (Å²) in [6, 6.07) is 12.4. The van der Waals surface area contributed by atoms with E-state index in [1.54, 1.807) is 24.3 Å². The van der Waals surface area contributed by atoms with Crippen LogP contribution in [0.5, 0.6) is 5.75 Å². The van der Waals surface area contributed by atoms with E-state index < -0.39 is 5.97 Å². The van der Waals surface area contributed by atoms with E-state index in [0.29, 0.717) is 27.3 Å². The molecule has 0 aromatic heterocycles. The Bertz CT molecular complexity index is 1040. The molecule has 0 atom stereocenters. The smallest absolute Gasteiger partial charge is 0.337 e. The van der Waals surface area contributed by atoms with Crippen LogP contribution in [0.2, 0.25) is 10.0 Å². The molecule has 2 aromatic rings. The summed E-state index contributed by atoms with van der Waals surface area (Å²) in [4.78, 5) is 16.3. The molecule has 1 N–H and O–H groups in total. The van der Waals surface area contributed by atoms with E-state index in [1.807, 2.05) is 6.07 Å². The number of aromatic carboxylic acids is 1. The van der Waals surface area contributed by atoms with Gasteiger partial charge >= 0.3 is 5.97 Å². The van der Waals surface area contributed by atoms with E-state index in [0.717, 1.165) is 64.1 Å². The number of carboxylic acids is 1. The van der Waals surface area contributed by atoms with Gasteiger partial charge in [-0.15, -0.1) is 0 Å². The number of ether oxygens (including phenoxy) is 1. The van der Waals surface area contributed by atoms with Crippen LogP contribution in [-0.4, -0.2) is 54.8 Å². The van der Waals surface area contributed by atoms with Crippen LogP contribution >= 0.6 is 23.2 Å². The topological polar surface area (TPSA) is 76.8 Å². The van der Waals surface area contributed by atoms with Crippen LogP contribution in [0.15, 0.2) is 36.4 Å². The zero-order valence-corrected chi connectivity index (χ0v) is 19.9. The number of likely N-dealkylation sites (tertiary alicyclic amines) is 1. The van der Waals surface area contributed by atoms with Crippen molar-refractivity contribution in [3.8, 4) is 11.8 Å². The molecule has 2 fully saturated rings. The monoisotopic (exact) mass is 487 g/mol.